The van der Waals surface area contributed by atoms with Gasteiger partial charge in [0.1, 0.15) is 6.04 Å². The maximum atomic E-state index is 11.3. The number of carbonyl (C=O) groups excluding carboxylic acids is 2. The van der Waals surface area contributed by atoms with Crippen molar-refractivity contribution in [2.24, 2.45) is 5.92 Å². The predicted molar refractivity (Wildman–Crippen MR) is 61.8 cm³/mol. The van der Waals surface area contributed by atoms with Crippen LogP contribution in [0.2, 0.25) is 0 Å². The lowest BCUT2D eigenvalue weighted by atomic mass is 10.0. The summed E-state index contributed by atoms with van der Waals surface area (Å²) in [4.78, 5) is 22.7. The van der Waals surface area contributed by atoms with Crippen LogP contribution in [-0.4, -0.2) is 37.0 Å². The Morgan fingerprint density at radius 1 is 1.40 bits per heavy atom. The van der Waals surface area contributed by atoms with Gasteiger partial charge in [0, 0.05) is 0 Å². The average molecular weight is 233 g/mol. The molecule has 0 aromatic heterocycles. The lowest BCUT2D eigenvalue weighted by Gasteiger charge is -2.17. The van der Waals surface area contributed by atoms with Crippen LogP contribution in [0.5, 0.6) is 0 Å². The van der Waals surface area contributed by atoms with E-state index < -0.39 is 6.04 Å². The molecule has 0 aromatic carbocycles. The Morgan fingerprint density at radius 3 is 2.40 bits per heavy atom. The molecule has 0 aliphatic heterocycles. The zero-order valence-electron chi connectivity index (χ0n) is 9.70. The van der Waals surface area contributed by atoms with Crippen LogP contribution >= 0.6 is 11.8 Å². The van der Waals surface area contributed by atoms with Crippen LogP contribution in [0.15, 0.2) is 0 Å². The summed E-state index contributed by atoms with van der Waals surface area (Å²) in [5.74, 6) is 0.200. The van der Waals surface area contributed by atoms with Crippen molar-refractivity contribution in [3.8, 4) is 0 Å². The van der Waals surface area contributed by atoms with E-state index >= 15 is 0 Å². The van der Waals surface area contributed by atoms with E-state index in [1.165, 1.54) is 18.9 Å². The molecule has 1 atom stereocenters. The molecule has 0 heterocycles. The largest absolute Gasteiger partial charge is 0.467 e. The number of carbonyl (C=O) groups is 2. The molecule has 0 aliphatic rings. The molecule has 88 valence electrons. The van der Waals surface area contributed by atoms with E-state index in [2.05, 4.69) is 10.1 Å². The molecule has 4 nitrogen and oxygen atoms in total. The summed E-state index contributed by atoms with van der Waals surface area (Å²) in [5, 5.41) is 2.67. The molecule has 0 rings (SSSR count). The second-order valence-corrected chi connectivity index (χ2v) is 4.57. The van der Waals surface area contributed by atoms with Crippen LogP contribution in [0.3, 0.4) is 0 Å². The first kappa shape index (κ1) is 14.3. The van der Waals surface area contributed by atoms with Crippen LogP contribution in [-0.2, 0) is 14.3 Å². The number of ether oxygens (including phenoxy) is 1. The fraction of sp³-hybridized carbons (Fsp3) is 0.800. The molecule has 0 saturated heterocycles. The quantitative estimate of drug-likeness (QED) is 0.697. The number of nitrogens with one attached hydrogen (secondary N) is 1. The first-order chi connectivity index (χ1) is 7.01. The molecule has 0 bridgehead atoms. The van der Waals surface area contributed by atoms with Gasteiger partial charge in [-0.3, -0.25) is 4.79 Å². The molecule has 1 unspecified atom stereocenters. The lowest BCUT2D eigenvalue weighted by molar-refractivity contribution is -0.145. The third kappa shape index (κ3) is 6.38. The topological polar surface area (TPSA) is 55.4 Å². The highest BCUT2D eigenvalue weighted by Gasteiger charge is 2.21. The maximum Gasteiger partial charge on any atom is 0.328 e. The zero-order valence-corrected chi connectivity index (χ0v) is 10.5. The van der Waals surface area contributed by atoms with Gasteiger partial charge in [0.25, 0.3) is 0 Å². The SMILES string of the molecule is COC(=O)C(CC(C)C)NC(=O)CSC. The van der Waals surface area contributed by atoms with E-state index in [1.807, 2.05) is 20.1 Å². The summed E-state index contributed by atoms with van der Waals surface area (Å²) in [7, 11) is 1.33. The van der Waals surface area contributed by atoms with Gasteiger partial charge in [-0.2, -0.15) is 11.8 Å². The molecule has 0 saturated carbocycles. The van der Waals surface area contributed by atoms with Gasteiger partial charge < -0.3 is 10.1 Å². The van der Waals surface area contributed by atoms with Gasteiger partial charge >= 0.3 is 5.97 Å². The van der Waals surface area contributed by atoms with E-state index in [4.69, 9.17) is 0 Å². The van der Waals surface area contributed by atoms with Crippen LogP contribution in [0.4, 0.5) is 0 Å². The van der Waals surface area contributed by atoms with Gasteiger partial charge in [-0.25, -0.2) is 4.79 Å². The molecule has 0 spiro atoms. The van der Waals surface area contributed by atoms with Crippen molar-refractivity contribution in [1.29, 1.82) is 0 Å². The summed E-state index contributed by atoms with van der Waals surface area (Å²) >= 11 is 1.43. The minimum Gasteiger partial charge on any atom is -0.467 e. The molecule has 0 aromatic rings. The fourth-order valence-electron chi connectivity index (χ4n) is 1.19. The summed E-state index contributed by atoms with van der Waals surface area (Å²) in [5.41, 5.74) is 0. The Labute approximate surface area is 95.1 Å². The molecule has 1 amide bonds. The van der Waals surface area contributed by atoms with Crippen molar-refractivity contribution in [3.63, 3.8) is 0 Å². The summed E-state index contributed by atoms with van der Waals surface area (Å²) < 4.78 is 4.63. The van der Waals surface area contributed by atoms with E-state index in [-0.39, 0.29) is 11.9 Å². The average Bonchev–Trinajstić information content (AvgIpc) is 2.15. The molecule has 5 heteroatoms. The smallest absolute Gasteiger partial charge is 0.328 e. The Morgan fingerprint density at radius 2 is 2.00 bits per heavy atom. The van der Waals surface area contributed by atoms with Gasteiger partial charge in [0.15, 0.2) is 0 Å². The van der Waals surface area contributed by atoms with Gasteiger partial charge in [0.2, 0.25) is 5.91 Å². The van der Waals surface area contributed by atoms with Gasteiger partial charge in [0.05, 0.1) is 12.9 Å². The lowest BCUT2D eigenvalue weighted by Crippen LogP contribution is -2.43. The van der Waals surface area contributed by atoms with Crippen molar-refractivity contribution in [1.82, 2.24) is 5.32 Å². The van der Waals surface area contributed by atoms with Crippen LogP contribution < -0.4 is 5.32 Å². The molecular weight excluding hydrogens is 214 g/mol. The highest BCUT2D eigenvalue weighted by molar-refractivity contribution is 7.99. The molecule has 0 radical (unpaired) electrons. The second-order valence-electron chi connectivity index (χ2n) is 3.71. The fourth-order valence-corrected chi connectivity index (χ4v) is 1.54. The zero-order chi connectivity index (χ0) is 11.8. The summed E-state index contributed by atoms with van der Waals surface area (Å²) in [6.07, 6.45) is 2.45. The van der Waals surface area contributed by atoms with Gasteiger partial charge in [-0.05, 0) is 18.6 Å². The number of hydrogen-bond donors (Lipinski definition) is 1. The van der Waals surface area contributed by atoms with Crippen molar-refractivity contribution in [3.05, 3.63) is 0 Å². The number of rotatable bonds is 6. The Balaban J connectivity index is 4.24. The highest BCUT2D eigenvalue weighted by Crippen LogP contribution is 2.06. The molecular formula is C10H19NO3S. The standard InChI is InChI=1S/C10H19NO3S/c1-7(2)5-8(10(13)14-3)11-9(12)6-15-4/h7-8H,5-6H2,1-4H3,(H,11,12). The number of hydrogen-bond acceptors (Lipinski definition) is 4. The van der Waals surface area contributed by atoms with Crippen LogP contribution in [0, 0.1) is 5.92 Å². The Bertz CT molecular complexity index is 219. The normalized spacial score (nSPS) is 12.3. The number of methoxy groups -OCH3 is 1. The van der Waals surface area contributed by atoms with Gasteiger partial charge in [-0.15, -0.1) is 0 Å². The third-order valence-corrected chi connectivity index (χ3v) is 2.35. The molecule has 1 N–H and O–H groups in total. The molecule has 15 heavy (non-hydrogen) atoms. The monoisotopic (exact) mass is 233 g/mol. The van der Waals surface area contributed by atoms with Crippen molar-refractivity contribution < 1.29 is 14.3 Å². The number of amides is 1. The van der Waals surface area contributed by atoms with Gasteiger partial charge in [-0.1, -0.05) is 13.8 Å². The maximum absolute atomic E-state index is 11.3. The molecule has 0 fully saturated rings. The first-order valence-electron chi connectivity index (χ1n) is 4.87. The number of esters is 1. The first-order valence-corrected chi connectivity index (χ1v) is 6.26. The Kier molecular flexibility index (Phi) is 7.21. The molecule has 0 aliphatic carbocycles. The van der Waals surface area contributed by atoms with Crippen LogP contribution in [0.25, 0.3) is 0 Å². The van der Waals surface area contributed by atoms with Crippen molar-refractivity contribution >= 4 is 23.6 Å². The summed E-state index contributed by atoms with van der Waals surface area (Å²) in [6.45, 7) is 3.99. The summed E-state index contributed by atoms with van der Waals surface area (Å²) in [6, 6.07) is -0.519. The predicted octanol–water partition coefficient (Wildman–Crippen LogP) is 1.05. The minimum absolute atomic E-state index is 0.126. The minimum atomic E-state index is -0.519. The van der Waals surface area contributed by atoms with E-state index in [0.717, 1.165) is 0 Å². The van der Waals surface area contributed by atoms with Crippen molar-refractivity contribution in [2.75, 3.05) is 19.1 Å². The van der Waals surface area contributed by atoms with E-state index in [1.54, 1.807) is 0 Å². The van der Waals surface area contributed by atoms with E-state index in [9.17, 15) is 9.59 Å². The number of thioether (sulfide) groups is 1. The van der Waals surface area contributed by atoms with E-state index in [0.29, 0.717) is 18.1 Å². The Hall–Kier alpha value is -0.710. The third-order valence-electron chi connectivity index (χ3n) is 1.80. The van der Waals surface area contributed by atoms with Crippen molar-refractivity contribution in [2.45, 2.75) is 26.3 Å². The highest BCUT2D eigenvalue weighted by atomic mass is 32.2. The second kappa shape index (κ2) is 7.56. The van der Waals surface area contributed by atoms with Crippen LogP contribution in [0.1, 0.15) is 20.3 Å².